The van der Waals surface area contributed by atoms with Gasteiger partial charge >= 0.3 is 0 Å². The number of rotatable bonds is 4. The Balaban J connectivity index is 1.82. The van der Waals surface area contributed by atoms with Gasteiger partial charge in [0.2, 0.25) is 0 Å². The molecule has 0 atom stereocenters. The first-order valence-electron chi connectivity index (χ1n) is 6.06. The standard InChI is InChI=1S/C15H11N3OS/c19-10-12-7-4-8-14(17-12)18-15-16-9-13(20-15)11-5-2-1-3-6-11/h1-10H,(H,16,17,18). The fourth-order valence-electron chi connectivity index (χ4n) is 1.76. The van der Waals surface area contributed by atoms with Gasteiger partial charge in [-0.15, -0.1) is 0 Å². The molecule has 0 amide bonds. The lowest BCUT2D eigenvalue weighted by Crippen LogP contribution is -1.95. The van der Waals surface area contributed by atoms with Crippen LogP contribution in [-0.2, 0) is 0 Å². The molecule has 4 nitrogen and oxygen atoms in total. The summed E-state index contributed by atoms with van der Waals surface area (Å²) in [4.78, 5) is 20.3. The van der Waals surface area contributed by atoms with Gasteiger partial charge in [0.25, 0.3) is 0 Å². The number of pyridine rings is 1. The summed E-state index contributed by atoms with van der Waals surface area (Å²) in [7, 11) is 0. The molecule has 0 fully saturated rings. The zero-order valence-corrected chi connectivity index (χ0v) is 11.3. The fraction of sp³-hybridized carbons (Fsp3) is 0. The number of anilines is 2. The van der Waals surface area contributed by atoms with E-state index in [0.717, 1.165) is 21.9 Å². The van der Waals surface area contributed by atoms with Crippen LogP contribution >= 0.6 is 11.3 Å². The molecule has 20 heavy (non-hydrogen) atoms. The maximum Gasteiger partial charge on any atom is 0.188 e. The molecule has 0 radical (unpaired) electrons. The van der Waals surface area contributed by atoms with Gasteiger partial charge in [0.05, 0.1) is 4.88 Å². The number of nitrogens with one attached hydrogen (secondary N) is 1. The minimum absolute atomic E-state index is 0.398. The lowest BCUT2D eigenvalue weighted by atomic mass is 10.2. The van der Waals surface area contributed by atoms with Gasteiger partial charge in [-0.25, -0.2) is 9.97 Å². The molecule has 0 bridgehead atoms. The van der Waals surface area contributed by atoms with E-state index in [0.29, 0.717) is 11.5 Å². The molecule has 0 unspecified atom stereocenters. The van der Waals surface area contributed by atoms with Crippen LogP contribution in [0.3, 0.4) is 0 Å². The summed E-state index contributed by atoms with van der Waals surface area (Å²) >= 11 is 1.54. The van der Waals surface area contributed by atoms with Crippen molar-refractivity contribution in [1.29, 1.82) is 0 Å². The summed E-state index contributed by atoms with van der Waals surface area (Å²) in [5, 5.41) is 3.86. The first-order chi connectivity index (χ1) is 9.85. The van der Waals surface area contributed by atoms with Crippen LogP contribution in [0.1, 0.15) is 10.5 Å². The van der Waals surface area contributed by atoms with E-state index in [2.05, 4.69) is 15.3 Å². The quantitative estimate of drug-likeness (QED) is 0.740. The average molecular weight is 281 g/mol. The zero-order valence-electron chi connectivity index (χ0n) is 10.5. The van der Waals surface area contributed by atoms with Crippen molar-refractivity contribution < 1.29 is 4.79 Å². The van der Waals surface area contributed by atoms with Crippen molar-refractivity contribution in [3.63, 3.8) is 0 Å². The van der Waals surface area contributed by atoms with E-state index >= 15 is 0 Å². The Morgan fingerprint density at radius 2 is 1.90 bits per heavy atom. The van der Waals surface area contributed by atoms with Gasteiger partial charge in [-0.3, -0.25) is 4.79 Å². The summed E-state index contributed by atoms with van der Waals surface area (Å²) in [6.45, 7) is 0. The number of nitrogens with zero attached hydrogens (tertiary/aromatic N) is 2. The van der Waals surface area contributed by atoms with Crippen molar-refractivity contribution in [2.75, 3.05) is 5.32 Å². The van der Waals surface area contributed by atoms with Crippen LogP contribution in [0.15, 0.2) is 54.7 Å². The molecule has 98 valence electrons. The molecule has 5 heteroatoms. The van der Waals surface area contributed by atoms with Gasteiger partial charge in [-0.05, 0) is 17.7 Å². The predicted octanol–water partition coefficient (Wildman–Crippen LogP) is 3.76. The average Bonchev–Trinajstić information content (AvgIpc) is 2.97. The van der Waals surface area contributed by atoms with Crippen LogP contribution in [0, 0.1) is 0 Å². The van der Waals surface area contributed by atoms with Crippen LogP contribution in [0.5, 0.6) is 0 Å². The van der Waals surface area contributed by atoms with Crippen molar-refractivity contribution in [3.05, 3.63) is 60.4 Å². The number of thiazole rings is 1. The van der Waals surface area contributed by atoms with Crippen molar-refractivity contribution in [2.24, 2.45) is 0 Å². The number of benzene rings is 1. The SMILES string of the molecule is O=Cc1cccc(Nc2ncc(-c3ccccc3)s2)n1. The Morgan fingerprint density at radius 3 is 2.70 bits per heavy atom. The largest absolute Gasteiger partial charge is 0.316 e. The van der Waals surface area contributed by atoms with Crippen LogP contribution in [-0.4, -0.2) is 16.3 Å². The first-order valence-corrected chi connectivity index (χ1v) is 6.87. The molecule has 2 heterocycles. The van der Waals surface area contributed by atoms with Gasteiger partial charge in [0.15, 0.2) is 11.4 Å². The minimum atomic E-state index is 0.398. The number of hydrogen-bond acceptors (Lipinski definition) is 5. The van der Waals surface area contributed by atoms with Gasteiger partial charge < -0.3 is 5.32 Å². The van der Waals surface area contributed by atoms with Gasteiger partial charge in [-0.1, -0.05) is 47.7 Å². The molecule has 1 aromatic carbocycles. The molecule has 3 rings (SSSR count). The highest BCUT2D eigenvalue weighted by Crippen LogP contribution is 2.29. The summed E-state index contributed by atoms with van der Waals surface area (Å²) in [6, 6.07) is 15.3. The number of carbonyl (C=O) groups is 1. The normalized spacial score (nSPS) is 10.2. The van der Waals surface area contributed by atoms with Crippen molar-refractivity contribution in [2.45, 2.75) is 0 Å². The van der Waals surface area contributed by atoms with Crippen LogP contribution in [0.2, 0.25) is 0 Å². The third kappa shape index (κ3) is 2.73. The van der Waals surface area contributed by atoms with E-state index in [4.69, 9.17) is 0 Å². The number of aldehydes is 1. The highest BCUT2D eigenvalue weighted by Gasteiger charge is 2.05. The maximum absolute atomic E-state index is 10.7. The molecule has 1 N–H and O–H groups in total. The highest BCUT2D eigenvalue weighted by atomic mass is 32.1. The Morgan fingerprint density at radius 1 is 1.05 bits per heavy atom. The fourth-order valence-corrected chi connectivity index (χ4v) is 2.59. The molecule has 2 aromatic heterocycles. The molecule has 0 saturated carbocycles. The molecule has 0 spiro atoms. The molecule has 0 aliphatic rings. The first kappa shape index (κ1) is 12.5. The van der Waals surface area contributed by atoms with E-state index in [-0.39, 0.29) is 0 Å². The Bertz CT molecular complexity index is 725. The van der Waals surface area contributed by atoms with Gasteiger partial charge in [0.1, 0.15) is 11.5 Å². The van der Waals surface area contributed by atoms with Crippen LogP contribution < -0.4 is 5.32 Å². The number of aromatic nitrogens is 2. The van der Waals surface area contributed by atoms with Crippen LogP contribution in [0.4, 0.5) is 10.9 Å². The third-order valence-corrected chi connectivity index (χ3v) is 3.65. The number of hydrogen-bond donors (Lipinski definition) is 1. The van der Waals surface area contributed by atoms with E-state index in [9.17, 15) is 4.79 Å². The molecular weight excluding hydrogens is 270 g/mol. The summed E-state index contributed by atoms with van der Waals surface area (Å²) in [5.74, 6) is 0.614. The summed E-state index contributed by atoms with van der Waals surface area (Å²) in [6.07, 6.45) is 2.55. The molecule has 0 aliphatic heterocycles. The monoisotopic (exact) mass is 281 g/mol. The lowest BCUT2D eigenvalue weighted by Gasteiger charge is -2.01. The molecular formula is C15H11N3OS. The molecule has 3 aromatic rings. The van der Waals surface area contributed by atoms with E-state index in [1.54, 1.807) is 29.5 Å². The second-order valence-corrected chi connectivity index (χ2v) is 5.12. The van der Waals surface area contributed by atoms with Crippen molar-refractivity contribution in [3.8, 4) is 10.4 Å². The van der Waals surface area contributed by atoms with E-state index in [1.165, 1.54) is 0 Å². The van der Waals surface area contributed by atoms with Crippen molar-refractivity contribution >= 4 is 28.6 Å². The third-order valence-electron chi connectivity index (χ3n) is 2.69. The predicted molar refractivity (Wildman–Crippen MR) is 80.5 cm³/mol. The highest BCUT2D eigenvalue weighted by molar-refractivity contribution is 7.18. The van der Waals surface area contributed by atoms with E-state index in [1.807, 2.05) is 36.5 Å². The summed E-state index contributed by atoms with van der Waals surface area (Å²) < 4.78 is 0. The molecule has 0 aliphatic carbocycles. The molecule has 0 saturated heterocycles. The smallest absolute Gasteiger partial charge is 0.188 e. The van der Waals surface area contributed by atoms with Crippen molar-refractivity contribution in [1.82, 2.24) is 9.97 Å². The summed E-state index contributed by atoms with van der Waals surface area (Å²) in [5.41, 5.74) is 1.53. The van der Waals surface area contributed by atoms with Gasteiger partial charge in [0, 0.05) is 6.20 Å². The Labute approximate surface area is 120 Å². The Hall–Kier alpha value is -2.53. The Kier molecular flexibility index (Phi) is 3.52. The lowest BCUT2D eigenvalue weighted by molar-refractivity contribution is 0.111. The number of carbonyl (C=O) groups excluding carboxylic acids is 1. The van der Waals surface area contributed by atoms with Crippen LogP contribution in [0.25, 0.3) is 10.4 Å². The second kappa shape index (κ2) is 5.63. The van der Waals surface area contributed by atoms with Gasteiger partial charge in [-0.2, -0.15) is 0 Å². The minimum Gasteiger partial charge on any atom is -0.316 e. The van der Waals surface area contributed by atoms with E-state index < -0.39 is 0 Å². The topological polar surface area (TPSA) is 54.9 Å². The maximum atomic E-state index is 10.7. The zero-order chi connectivity index (χ0) is 13.8. The second-order valence-electron chi connectivity index (χ2n) is 4.09.